The lowest BCUT2D eigenvalue weighted by atomic mass is 10.3. The third kappa shape index (κ3) is 3.08. The Morgan fingerprint density at radius 2 is 2.19 bits per heavy atom. The number of aliphatic imine (C=N–C) groups is 1. The highest BCUT2D eigenvalue weighted by molar-refractivity contribution is 8.13. The van der Waals surface area contributed by atoms with Gasteiger partial charge in [0.25, 0.3) is 0 Å². The van der Waals surface area contributed by atoms with Crippen molar-refractivity contribution >= 4 is 34.2 Å². The summed E-state index contributed by atoms with van der Waals surface area (Å²) in [5.74, 6) is -1.69. The molecule has 1 N–H and O–H groups in total. The van der Waals surface area contributed by atoms with Crippen molar-refractivity contribution in [1.29, 1.82) is 5.26 Å². The molecule has 0 radical (unpaired) electrons. The lowest BCUT2D eigenvalue weighted by molar-refractivity contribution is 0.585. The Hall–Kier alpha value is -1.32. The summed E-state index contributed by atoms with van der Waals surface area (Å²) in [6.45, 7) is 0. The maximum Gasteiger partial charge on any atom is 0.183 e. The maximum atomic E-state index is 13.2. The van der Waals surface area contributed by atoms with E-state index in [1.54, 1.807) is 12.4 Å². The number of amidine groups is 1. The fourth-order valence-electron chi connectivity index (χ4n) is 0.880. The Kier molecular flexibility index (Phi) is 4.52. The van der Waals surface area contributed by atoms with Crippen molar-refractivity contribution < 1.29 is 8.78 Å². The summed E-state index contributed by atoms with van der Waals surface area (Å²) < 4.78 is 26.1. The van der Waals surface area contributed by atoms with Gasteiger partial charge in [0.1, 0.15) is 11.5 Å². The summed E-state index contributed by atoms with van der Waals surface area (Å²) in [6, 6.07) is 1.70. The largest absolute Gasteiger partial charge is 0.271 e. The van der Waals surface area contributed by atoms with Gasteiger partial charge in [-0.15, -0.1) is 0 Å². The molecule has 0 aliphatic rings. The van der Waals surface area contributed by atoms with E-state index < -0.39 is 11.6 Å². The van der Waals surface area contributed by atoms with Gasteiger partial charge >= 0.3 is 0 Å². The molecule has 0 amide bonds. The monoisotopic (exact) mass is 261 g/mol. The van der Waals surface area contributed by atoms with E-state index in [1.165, 1.54) is 0 Å². The molecule has 0 aliphatic heterocycles. The van der Waals surface area contributed by atoms with Crippen LogP contribution in [-0.2, 0) is 0 Å². The Morgan fingerprint density at radius 1 is 1.50 bits per heavy atom. The van der Waals surface area contributed by atoms with Crippen molar-refractivity contribution in [1.82, 2.24) is 5.32 Å². The van der Waals surface area contributed by atoms with Crippen LogP contribution in [0.2, 0.25) is 5.02 Å². The summed E-state index contributed by atoms with van der Waals surface area (Å²) >= 11 is 6.61. The van der Waals surface area contributed by atoms with E-state index in [-0.39, 0.29) is 15.9 Å². The Morgan fingerprint density at radius 3 is 2.75 bits per heavy atom. The average Bonchev–Trinajstić information content (AvgIpc) is 2.25. The van der Waals surface area contributed by atoms with E-state index in [4.69, 9.17) is 16.9 Å². The Labute approximate surface area is 100 Å². The zero-order chi connectivity index (χ0) is 12.1. The van der Waals surface area contributed by atoms with E-state index in [2.05, 4.69) is 10.3 Å². The topological polar surface area (TPSA) is 48.2 Å². The van der Waals surface area contributed by atoms with Crippen LogP contribution in [-0.4, -0.2) is 11.4 Å². The first kappa shape index (κ1) is 12.7. The maximum absolute atomic E-state index is 13.2. The molecule has 1 rings (SSSR count). The molecule has 1 aromatic rings. The van der Waals surface area contributed by atoms with Gasteiger partial charge in [0.05, 0.1) is 5.02 Å². The predicted molar refractivity (Wildman–Crippen MR) is 60.7 cm³/mol. The molecule has 84 valence electrons. The molecule has 7 heteroatoms. The van der Waals surface area contributed by atoms with Crippen molar-refractivity contribution in [2.75, 3.05) is 6.26 Å². The van der Waals surface area contributed by atoms with Crippen LogP contribution in [0.3, 0.4) is 0 Å². The molecule has 0 aromatic heterocycles. The third-order valence-corrected chi connectivity index (χ3v) is 2.44. The van der Waals surface area contributed by atoms with Gasteiger partial charge in [0.2, 0.25) is 0 Å². The number of hydrogen-bond acceptors (Lipinski definition) is 3. The quantitative estimate of drug-likeness (QED) is 0.278. The van der Waals surface area contributed by atoms with Crippen LogP contribution in [0.4, 0.5) is 14.5 Å². The Balaban J connectivity index is 3.14. The number of nitrogens with one attached hydrogen (secondary N) is 1. The van der Waals surface area contributed by atoms with Crippen molar-refractivity contribution in [3.05, 3.63) is 28.8 Å². The van der Waals surface area contributed by atoms with E-state index >= 15 is 0 Å². The fourth-order valence-corrected chi connectivity index (χ4v) is 1.37. The first-order chi connectivity index (χ1) is 7.58. The minimum absolute atomic E-state index is 0.126. The van der Waals surface area contributed by atoms with E-state index in [0.29, 0.717) is 6.07 Å². The molecule has 3 nitrogen and oxygen atoms in total. The zero-order valence-corrected chi connectivity index (χ0v) is 9.66. The SMILES string of the molecule is CSC(=Nc1cc(Cl)c(F)cc1F)NC#N. The third-order valence-electron chi connectivity index (χ3n) is 1.57. The van der Waals surface area contributed by atoms with Crippen molar-refractivity contribution in [3.63, 3.8) is 0 Å². The summed E-state index contributed by atoms with van der Waals surface area (Å²) in [4.78, 5) is 3.79. The van der Waals surface area contributed by atoms with Crippen molar-refractivity contribution in [2.45, 2.75) is 0 Å². The van der Waals surface area contributed by atoms with Gasteiger partial charge in [-0.1, -0.05) is 23.4 Å². The van der Waals surface area contributed by atoms with Crippen LogP contribution in [0.1, 0.15) is 0 Å². The highest BCUT2D eigenvalue weighted by Crippen LogP contribution is 2.26. The molecule has 0 unspecified atom stereocenters. The first-order valence-corrected chi connectivity index (χ1v) is 5.61. The molecular weight excluding hydrogens is 256 g/mol. The molecule has 1 aromatic carbocycles. The van der Waals surface area contributed by atoms with Gasteiger partial charge in [-0.2, -0.15) is 5.26 Å². The van der Waals surface area contributed by atoms with E-state index in [0.717, 1.165) is 17.8 Å². The van der Waals surface area contributed by atoms with Crippen molar-refractivity contribution in [2.24, 2.45) is 4.99 Å². The number of rotatable bonds is 1. The Bertz CT molecular complexity index is 471. The van der Waals surface area contributed by atoms with Crippen LogP contribution < -0.4 is 5.32 Å². The van der Waals surface area contributed by atoms with E-state index in [1.807, 2.05) is 0 Å². The smallest absolute Gasteiger partial charge is 0.183 e. The molecule has 0 saturated heterocycles. The summed E-state index contributed by atoms with van der Waals surface area (Å²) in [6.07, 6.45) is 3.31. The second-order valence-corrected chi connectivity index (χ2v) is 3.78. The van der Waals surface area contributed by atoms with Gasteiger partial charge in [-0.25, -0.2) is 13.8 Å². The number of nitriles is 1. The summed E-state index contributed by atoms with van der Waals surface area (Å²) in [7, 11) is 0. The van der Waals surface area contributed by atoms with Crippen LogP contribution in [0.5, 0.6) is 0 Å². The van der Waals surface area contributed by atoms with Crippen LogP contribution in [0, 0.1) is 23.1 Å². The first-order valence-electron chi connectivity index (χ1n) is 4.00. The second-order valence-electron chi connectivity index (χ2n) is 2.58. The van der Waals surface area contributed by atoms with Crippen molar-refractivity contribution in [3.8, 4) is 6.19 Å². The number of halogens is 3. The molecule has 16 heavy (non-hydrogen) atoms. The van der Waals surface area contributed by atoms with Gasteiger partial charge in [0, 0.05) is 6.07 Å². The average molecular weight is 262 g/mol. The molecule has 0 fully saturated rings. The summed E-state index contributed by atoms with van der Waals surface area (Å²) in [5, 5.41) is 10.6. The summed E-state index contributed by atoms with van der Waals surface area (Å²) in [5.41, 5.74) is -0.126. The molecular formula is C9H6ClF2N3S. The van der Waals surface area contributed by atoms with Crippen LogP contribution in [0.15, 0.2) is 17.1 Å². The molecule has 0 bridgehead atoms. The molecule has 0 atom stereocenters. The highest BCUT2D eigenvalue weighted by Gasteiger charge is 2.08. The highest BCUT2D eigenvalue weighted by atomic mass is 35.5. The molecule has 0 spiro atoms. The van der Waals surface area contributed by atoms with Crippen LogP contribution >= 0.6 is 23.4 Å². The lowest BCUT2D eigenvalue weighted by Crippen LogP contribution is -2.12. The number of nitrogens with zero attached hydrogens (tertiary/aromatic N) is 2. The number of hydrogen-bond donors (Lipinski definition) is 1. The number of benzene rings is 1. The standard InChI is InChI=1S/C9H6ClF2N3S/c1-16-9(14-4-13)15-8-2-5(10)6(11)3-7(8)12/h2-3H,1H3,(H,14,15). The van der Waals surface area contributed by atoms with Gasteiger partial charge in [-0.05, 0) is 12.3 Å². The van der Waals surface area contributed by atoms with E-state index in [9.17, 15) is 8.78 Å². The minimum atomic E-state index is -0.850. The molecule has 0 aliphatic carbocycles. The van der Waals surface area contributed by atoms with Gasteiger partial charge < -0.3 is 0 Å². The molecule has 0 saturated carbocycles. The number of thioether (sulfide) groups is 1. The minimum Gasteiger partial charge on any atom is -0.271 e. The lowest BCUT2D eigenvalue weighted by Gasteiger charge is -2.02. The van der Waals surface area contributed by atoms with Gasteiger partial charge in [-0.3, -0.25) is 5.32 Å². The van der Waals surface area contributed by atoms with Crippen LogP contribution in [0.25, 0.3) is 0 Å². The zero-order valence-electron chi connectivity index (χ0n) is 8.09. The second kappa shape index (κ2) is 5.68. The normalized spacial score (nSPS) is 11.1. The molecule has 0 heterocycles. The van der Waals surface area contributed by atoms with Gasteiger partial charge in [0.15, 0.2) is 17.2 Å². The predicted octanol–water partition coefficient (Wildman–Crippen LogP) is 3.04. The fraction of sp³-hybridized carbons (Fsp3) is 0.111.